The number of amides is 2. The molecule has 0 radical (unpaired) electrons. The molecular formula is C18H16N4O3S. The van der Waals surface area contributed by atoms with Crippen LogP contribution in [0, 0.1) is 5.92 Å². The summed E-state index contributed by atoms with van der Waals surface area (Å²) in [6.07, 6.45) is 5.07. The third kappa shape index (κ3) is 3.55. The van der Waals surface area contributed by atoms with Crippen molar-refractivity contribution in [2.24, 2.45) is 5.92 Å². The monoisotopic (exact) mass is 368 g/mol. The Morgan fingerprint density at radius 2 is 1.88 bits per heavy atom. The largest absolute Gasteiger partial charge is 0.451 e. The Hall–Kier alpha value is -2.87. The van der Waals surface area contributed by atoms with Crippen molar-refractivity contribution in [3.63, 3.8) is 0 Å². The fraction of sp³-hybridized carbons (Fsp3) is 0.222. The molecule has 1 aliphatic rings. The lowest BCUT2D eigenvalue weighted by Gasteiger charge is -2.06. The van der Waals surface area contributed by atoms with Crippen molar-refractivity contribution in [2.45, 2.75) is 23.8 Å². The second-order valence-electron chi connectivity index (χ2n) is 5.94. The predicted octanol–water partition coefficient (Wildman–Crippen LogP) is 2.69. The van der Waals surface area contributed by atoms with E-state index >= 15 is 0 Å². The molecule has 2 N–H and O–H groups in total. The first-order valence-corrected chi connectivity index (χ1v) is 9.21. The van der Waals surface area contributed by atoms with Gasteiger partial charge in [0.25, 0.3) is 0 Å². The van der Waals surface area contributed by atoms with Gasteiger partial charge in [0.2, 0.25) is 5.91 Å². The van der Waals surface area contributed by atoms with Crippen molar-refractivity contribution >= 4 is 34.5 Å². The van der Waals surface area contributed by atoms with E-state index in [-0.39, 0.29) is 17.6 Å². The van der Waals surface area contributed by atoms with Crippen molar-refractivity contribution in [2.75, 3.05) is 0 Å². The van der Waals surface area contributed by atoms with Crippen molar-refractivity contribution in [1.82, 2.24) is 20.8 Å². The minimum Gasteiger partial charge on any atom is -0.451 e. The molecular weight excluding hydrogens is 352 g/mol. The highest BCUT2D eigenvalue weighted by molar-refractivity contribution is 7.98. The number of carbonyl (C=O) groups is 2. The molecule has 1 aliphatic carbocycles. The van der Waals surface area contributed by atoms with E-state index in [2.05, 4.69) is 20.8 Å². The number of hydrogen-bond acceptors (Lipinski definition) is 6. The topological polar surface area (TPSA) is 97.1 Å². The number of nitrogens with zero attached hydrogens (tertiary/aromatic N) is 2. The molecule has 2 heterocycles. The Kier molecular flexibility index (Phi) is 4.57. The molecule has 132 valence electrons. The number of aromatic nitrogens is 2. The number of para-hydroxylation sites is 1. The van der Waals surface area contributed by atoms with Crippen LogP contribution in [0.3, 0.4) is 0 Å². The number of hydrogen-bond donors (Lipinski definition) is 2. The van der Waals surface area contributed by atoms with E-state index in [9.17, 15) is 9.59 Å². The van der Waals surface area contributed by atoms with Crippen LogP contribution in [0.2, 0.25) is 0 Å². The van der Waals surface area contributed by atoms with Gasteiger partial charge in [-0.2, -0.15) is 0 Å². The number of carbonyl (C=O) groups excluding carboxylic acids is 2. The van der Waals surface area contributed by atoms with Crippen molar-refractivity contribution in [3.8, 4) is 0 Å². The van der Waals surface area contributed by atoms with Gasteiger partial charge in [-0.05, 0) is 25.0 Å². The van der Waals surface area contributed by atoms with E-state index in [0.717, 1.165) is 23.8 Å². The zero-order valence-corrected chi connectivity index (χ0v) is 14.6. The minimum absolute atomic E-state index is 0.0104. The number of thioether (sulfide) groups is 1. The lowest BCUT2D eigenvalue weighted by atomic mass is 10.1. The van der Waals surface area contributed by atoms with Crippen LogP contribution in [0.25, 0.3) is 11.0 Å². The normalized spacial score (nSPS) is 13.5. The first kappa shape index (κ1) is 16.6. The SMILES string of the molecule is O=C(NNC(=O)C1CC1)c1oc2ccccc2c1CSc1ncccn1. The molecule has 2 aromatic heterocycles. The predicted molar refractivity (Wildman–Crippen MR) is 96.1 cm³/mol. The summed E-state index contributed by atoms with van der Waals surface area (Å²) in [7, 11) is 0. The molecule has 0 atom stereocenters. The fourth-order valence-electron chi connectivity index (χ4n) is 2.54. The zero-order chi connectivity index (χ0) is 17.9. The summed E-state index contributed by atoms with van der Waals surface area (Å²) in [5, 5.41) is 1.47. The van der Waals surface area contributed by atoms with E-state index in [4.69, 9.17) is 4.42 Å². The van der Waals surface area contributed by atoms with Gasteiger partial charge in [0.1, 0.15) is 5.58 Å². The van der Waals surface area contributed by atoms with Crippen molar-refractivity contribution in [3.05, 3.63) is 54.0 Å². The van der Waals surface area contributed by atoms with Crippen LogP contribution >= 0.6 is 11.8 Å². The highest BCUT2D eigenvalue weighted by atomic mass is 32.2. The van der Waals surface area contributed by atoms with Gasteiger partial charge in [-0.1, -0.05) is 30.0 Å². The third-order valence-corrected chi connectivity index (χ3v) is 4.94. The van der Waals surface area contributed by atoms with E-state index in [1.165, 1.54) is 11.8 Å². The Morgan fingerprint density at radius 1 is 1.12 bits per heavy atom. The number of benzene rings is 1. The standard InChI is InChI=1S/C18H16N4O3S/c23-16(11-6-7-11)21-22-17(24)15-13(10-26-18-19-8-3-9-20-18)12-4-1-2-5-14(12)25-15/h1-5,8-9,11H,6-7,10H2,(H,21,23)(H,22,24). The average molecular weight is 368 g/mol. The molecule has 4 rings (SSSR count). The number of hydrazine groups is 1. The van der Waals surface area contributed by atoms with Gasteiger partial charge in [0.05, 0.1) is 0 Å². The molecule has 0 bridgehead atoms. The van der Waals surface area contributed by atoms with Crippen LogP contribution in [-0.2, 0) is 10.5 Å². The maximum absolute atomic E-state index is 12.5. The Labute approximate surface area is 153 Å². The fourth-order valence-corrected chi connectivity index (χ4v) is 3.38. The van der Waals surface area contributed by atoms with Gasteiger partial charge in [-0.3, -0.25) is 20.4 Å². The lowest BCUT2D eigenvalue weighted by molar-refractivity contribution is -0.123. The van der Waals surface area contributed by atoms with Gasteiger partial charge in [0.15, 0.2) is 10.9 Å². The first-order valence-electron chi connectivity index (χ1n) is 8.23. The summed E-state index contributed by atoms with van der Waals surface area (Å²) in [4.78, 5) is 32.6. The average Bonchev–Trinajstić information content (AvgIpc) is 3.46. The molecule has 26 heavy (non-hydrogen) atoms. The Balaban J connectivity index is 1.56. The summed E-state index contributed by atoms with van der Waals surface area (Å²) in [5.74, 6) is 0.0326. The van der Waals surface area contributed by atoms with Crippen molar-refractivity contribution < 1.29 is 14.0 Å². The van der Waals surface area contributed by atoms with Gasteiger partial charge >= 0.3 is 5.91 Å². The second kappa shape index (κ2) is 7.17. The van der Waals surface area contributed by atoms with Gasteiger partial charge in [-0.15, -0.1) is 0 Å². The maximum atomic E-state index is 12.5. The highest BCUT2D eigenvalue weighted by Crippen LogP contribution is 2.31. The molecule has 0 aliphatic heterocycles. The molecule has 8 heteroatoms. The highest BCUT2D eigenvalue weighted by Gasteiger charge is 2.30. The van der Waals surface area contributed by atoms with Gasteiger partial charge < -0.3 is 4.42 Å². The number of fused-ring (bicyclic) bond motifs is 1. The second-order valence-corrected chi connectivity index (χ2v) is 6.89. The molecule has 1 aromatic carbocycles. The maximum Gasteiger partial charge on any atom is 0.305 e. The van der Waals surface area contributed by atoms with E-state index in [1.54, 1.807) is 18.5 Å². The first-order chi connectivity index (χ1) is 12.7. The van der Waals surface area contributed by atoms with Crippen LogP contribution in [0.4, 0.5) is 0 Å². The van der Waals surface area contributed by atoms with Crippen LogP contribution in [-0.4, -0.2) is 21.8 Å². The summed E-state index contributed by atoms with van der Waals surface area (Å²) in [5.41, 5.74) is 6.27. The van der Waals surface area contributed by atoms with Crippen molar-refractivity contribution in [1.29, 1.82) is 0 Å². The summed E-state index contributed by atoms with van der Waals surface area (Å²) in [6, 6.07) is 9.20. The smallest absolute Gasteiger partial charge is 0.305 e. The van der Waals surface area contributed by atoms with Gasteiger partial charge in [0, 0.05) is 35.0 Å². The Morgan fingerprint density at radius 3 is 2.65 bits per heavy atom. The molecule has 1 saturated carbocycles. The molecule has 0 unspecified atom stereocenters. The van der Waals surface area contributed by atoms with Crippen LogP contribution in [0.15, 0.2) is 52.3 Å². The molecule has 1 fully saturated rings. The van der Waals surface area contributed by atoms with Crippen LogP contribution < -0.4 is 10.9 Å². The van der Waals surface area contributed by atoms with Crippen LogP contribution in [0.1, 0.15) is 29.0 Å². The molecule has 0 spiro atoms. The summed E-state index contributed by atoms with van der Waals surface area (Å²) in [6.45, 7) is 0. The molecule has 2 amide bonds. The van der Waals surface area contributed by atoms with E-state index in [0.29, 0.717) is 16.5 Å². The summed E-state index contributed by atoms with van der Waals surface area (Å²) >= 11 is 1.41. The van der Waals surface area contributed by atoms with E-state index < -0.39 is 5.91 Å². The number of furan rings is 1. The molecule has 0 saturated heterocycles. The quantitative estimate of drug-likeness (QED) is 0.408. The molecule has 7 nitrogen and oxygen atoms in total. The zero-order valence-electron chi connectivity index (χ0n) is 13.8. The minimum atomic E-state index is -0.472. The molecule has 3 aromatic rings. The summed E-state index contributed by atoms with van der Waals surface area (Å²) < 4.78 is 5.74. The van der Waals surface area contributed by atoms with Gasteiger partial charge in [-0.25, -0.2) is 9.97 Å². The Bertz CT molecular complexity index is 953. The van der Waals surface area contributed by atoms with E-state index in [1.807, 2.05) is 24.3 Å². The third-order valence-electron chi connectivity index (χ3n) is 4.04. The number of rotatable bonds is 5. The van der Waals surface area contributed by atoms with Crippen LogP contribution in [0.5, 0.6) is 0 Å². The number of nitrogens with one attached hydrogen (secondary N) is 2. The lowest BCUT2D eigenvalue weighted by Crippen LogP contribution is -2.42.